The van der Waals surface area contributed by atoms with Crippen molar-refractivity contribution in [3.63, 3.8) is 0 Å². The van der Waals surface area contributed by atoms with Gasteiger partial charge in [0.2, 0.25) is 0 Å². The Labute approximate surface area is 74.0 Å². The number of ether oxygens (including phenoxy) is 1. The van der Waals surface area contributed by atoms with E-state index in [1.807, 2.05) is 13.8 Å². The van der Waals surface area contributed by atoms with E-state index in [2.05, 4.69) is 11.3 Å². The first-order valence-electron chi connectivity index (χ1n) is 4.14. The molecule has 0 aliphatic carbocycles. The smallest absolute Gasteiger partial charge is 0.310 e. The summed E-state index contributed by atoms with van der Waals surface area (Å²) in [5.41, 5.74) is 0. The summed E-state index contributed by atoms with van der Waals surface area (Å²) in [6, 6.07) is 0. The van der Waals surface area contributed by atoms with Crippen molar-refractivity contribution in [2.45, 2.75) is 33.1 Å². The minimum atomic E-state index is -0.206. The molecule has 72 valence electrons. The average molecular weight is 174 g/mol. The van der Waals surface area contributed by atoms with Crippen LogP contribution in [0.25, 0.3) is 0 Å². The number of hydrogen-bond donors (Lipinski definition) is 1. The standard InChI is InChI=1S/C6H10O2.C3H8O/c1-3-5-6(7)8-4-2;1-2-3-4/h4H,2-3,5H2,1H3;4H,2-3H2,1H3. The zero-order chi connectivity index (χ0) is 9.82. The van der Waals surface area contributed by atoms with E-state index in [-0.39, 0.29) is 5.97 Å². The summed E-state index contributed by atoms with van der Waals surface area (Å²) in [5, 5.41) is 7.88. The third kappa shape index (κ3) is 16.1. The number of aliphatic hydroxyl groups excluding tert-OH is 1. The molecule has 0 aliphatic rings. The van der Waals surface area contributed by atoms with E-state index in [0.29, 0.717) is 13.0 Å². The van der Waals surface area contributed by atoms with Crippen LogP contribution in [-0.4, -0.2) is 17.7 Å². The van der Waals surface area contributed by atoms with Crippen molar-refractivity contribution in [3.05, 3.63) is 12.8 Å². The summed E-state index contributed by atoms with van der Waals surface area (Å²) in [4.78, 5) is 10.3. The van der Waals surface area contributed by atoms with Gasteiger partial charge in [-0.3, -0.25) is 4.79 Å². The lowest BCUT2D eigenvalue weighted by Crippen LogP contribution is -1.96. The van der Waals surface area contributed by atoms with Crippen molar-refractivity contribution < 1.29 is 14.6 Å². The van der Waals surface area contributed by atoms with Gasteiger partial charge in [0.15, 0.2) is 0 Å². The highest BCUT2D eigenvalue weighted by Gasteiger charge is 1.94. The van der Waals surface area contributed by atoms with Crippen LogP contribution in [0.1, 0.15) is 33.1 Å². The number of carbonyl (C=O) groups is 1. The fourth-order valence-electron chi connectivity index (χ4n) is 0.356. The van der Waals surface area contributed by atoms with Gasteiger partial charge in [-0.05, 0) is 12.8 Å². The maximum absolute atomic E-state index is 10.3. The molecule has 3 heteroatoms. The zero-order valence-electron chi connectivity index (χ0n) is 7.88. The summed E-state index contributed by atoms with van der Waals surface area (Å²) >= 11 is 0. The maximum Gasteiger partial charge on any atom is 0.310 e. The highest BCUT2D eigenvalue weighted by molar-refractivity contribution is 5.69. The Balaban J connectivity index is 0. The Hall–Kier alpha value is -0.830. The number of rotatable bonds is 4. The van der Waals surface area contributed by atoms with Crippen LogP contribution in [0.2, 0.25) is 0 Å². The summed E-state index contributed by atoms with van der Waals surface area (Å²) < 4.78 is 4.41. The second-order valence-corrected chi connectivity index (χ2v) is 2.13. The van der Waals surface area contributed by atoms with E-state index in [9.17, 15) is 4.79 Å². The first-order valence-corrected chi connectivity index (χ1v) is 4.14. The molecule has 0 fully saturated rings. The van der Waals surface area contributed by atoms with Crippen molar-refractivity contribution in [2.24, 2.45) is 0 Å². The molecular weight excluding hydrogens is 156 g/mol. The first kappa shape index (κ1) is 13.7. The largest absolute Gasteiger partial charge is 0.435 e. The van der Waals surface area contributed by atoms with E-state index in [4.69, 9.17) is 5.11 Å². The number of aliphatic hydroxyl groups is 1. The van der Waals surface area contributed by atoms with E-state index < -0.39 is 0 Å². The van der Waals surface area contributed by atoms with Crippen LogP contribution in [0.4, 0.5) is 0 Å². The van der Waals surface area contributed by atoms with Gasteiger partial charge in [0, 0.05) is 13.0 Å². The Bertz CT molecular complexity index is 108. The van der Waals surface area contributed by atoms with E-state index >= 15 is 0 Å². The van der Waals surface area contributed by atoms with Crippen LogP contribution in [0.5, 0.6) is 0 Å². The lowest BCUT2D eigenvalue weighted by molar-refractivity contribution is -0.137. The third-order valence-corrected chi connectivity index (χ3v) is 0.893. The summed E-state index contributed by atoms with van der Waals surface area (Å²) in [5.74, 6) is -0.206. The van der Waals surface area contributed by atoms with Crippen LogP contribution in [-0.2, 0) is 9.53 Å². The molecule has 0 aromatic heterocycles. The van der Waals surface area contributed by atoms with Crippen LogP contribution in [0.15, 0.2) is 12.8 Å². The highest BCUT2D eigenvalue weighted by Crippen LogP contribution is 1.89. The zero-order valence-corrected chi connectivity index (χ0v) is 7.88. The van der Waals surface area contributed by atoms with Gasteiger partial charge in [0.05, 0.1) is 6.26 Å². The summed E-state index contributed by atoms with van der Waals surface area (Å²) in [6.07, 6.45) is 3.33. The molecule has 0 unspecified atom stereocenters. The lowest BCUT2D eigenvalue weighted by Gasteiger charge is -1.92. The SMILES string of the molecule is C=COC(=O)CCC.CCCO. The normalized spacial score (nSPS) is 7.92. The van der Waals surface area contributed by atoms with Crippen LogP contribution in [0, 0.1) is 0 Å². The molecule has 3 nitrogen and oxygen atoms in total. The number of esters is 1. The minimum absolute atomic E-state index is 0.206. The molecule has 0 saturated carbocycles. The van der Waals surface area contributed by atoms with Crippen molar-refractivity contribution >= 4 is 5.97 Å². The molecule has 0 spiro atoms. The fraction of sp³-hybridized carbons (Fsp3) is 0.667. The topological polar surface area (TPSA) is 46.5 Å². The van der Waals surface area contributed by atoms with Gasteiger partial charge in [-0.15, -0.1) is 0 Å². The Morgan fingerprint density at radius 3 is 2.25 bits per heavy atom. The van der Waals surface area contributed by atoms with Gasteiger partial charge in [-0.25, -0.2) is 0 Å². The number of hydrogen-bond acceptors (Lipinski definition) is 3. The van der Waals surface area contributed by atoms with E-state index in [1.165, 1.54) is 0 Å². The minimum Gasteiger partial charge on any atom is -0.435 e. The predicted octanol–water partition coefficient (Wildman–Crippen LogP) is 1.86. The molecule has 0 radical (unpaired) electrons. The molecule has 0 aromatic rings. The molecule has 0 saturated heterocycles. The summed E-state index contributed by atoms with van der Waals surface area (Å²) in [6.45, 7) is 7.41. The maximum atomic E-state index is 10.3. The molecule has 0 aromatic carbocycles. The van der Waals surface area contributed by atoms with Crippen molar-refractivity contribution in [1.29, 1.82) is 0 Å². The fourth-order valence-corrected chi connectivity index (χ4v) is 0.356. The average Bonchev–Trinajstić information content (AvgIpc) is 2.06. The number of carbonyl (C=O) groups excluding carboxylic acids is 1. The van der Waals surface area contributed by atoms with Gasteiger partial charge in [0.25, 0.3) is 0 Å². The van der Waals surface area contributed by atoms with Gasteiger partial charge in [-0.2, -0.15) is 0 Å². The van der Waals surface area contributed by atoms with Gasteiger partial charge >= 0.3 is 5.97 Å². The van der Waals surface area contributed by atoms with Crippen LogP contribution >= 0.6 is 0 Å². The molecular formula is C9H18O3. The van der Waals surface area contributed by atoms with E-state index in [1.54, 1.807) is 0 Å². The highest BCUT2D eigenvalue weighted by atomic mass is 16.5. The lowest BCUT2D eigenvalue weighted by atomic mass is 10.3. The molecule has 0 bridgehead atoms. The monoisotopic (exact) mass is 174 g/mol. The second-order valence-electron chi connectivity index (χ2n) is 2.13. The molecule has 0 aliphatic heterocycles. The quantitative estimate of drug-likeness (QED) is 0.522. The second kappa shape index (κ2) is 12.8. The Kier molecular flexibility index (Phi) is 14.7. The van der Waals surface area contributed by atoms with Crippen molar-refractivity contribution in [1.82, 2.24) is 0 Å². The van der Waals surface area contributed by atoms with Crippen LogP contribution < -0.4 is 0 Å². The molecule has 12 heavy (non-hydrogen) atoms. The molecule has 0 atom stereocenters. The first-order chi connectivity index (χ1) is 5.72. The van der Waals surface area contributed by atoms with Gasteiger partial charge in [0.1, 0.15) is 0 Å². The molecule has 0 rings (SSSR count). The molecule has 0 amide bonds. The molecule has 1 N–H and O–H groups in total. The van der Waals surface area contributed by atoms with Gasteiger partial charge in [-0.1, -0.05) is 20.4 Å². The van der Waals surface area contributed by atoms with Crippen LogP contribution in [0.3, 0.4) is 0 Å². The van der Waals surface area contributed by atoms with Crippen molar-refractivity contribution in [2.75, 3.05) is 6.61 Å². The molecule has 0 heterocycles. The van der Waals surface area contributed by atoms with E-state index in [0.717, 1.165) is 19.1 Å². The predicted molar refractivity (Wildman–Crippen MR) is 48.6 cm³/mol. The Morgan fingerprint density at radius 1 is 1.50 bits per heavy atom. The van der Waals surface area contributed by atoms with Gasteiger partial charge < -0.3 is 9.84 Å². The third-order valence-electron chi connectivity index (χ3n) is 0.893. The Morgan fingerprint density at radius 2 is 2.00 bits per heavy atom. The summed E-state index contributed by atoms with van der Waals surface area (Å²) in [7, 11) is 0. The van der Waals surface area contributed by atoms with Crippen molar-refractivity contribution in [3.8, 4) is 0 Å².